The van der Waals surface area contributed by atoms with Crippen molar-refractivity contribution in [2.45, 2.75) is 33.1 Å². The van der Waals surface area contributed by atoms with Crippen molar-refractivity contribution in [3.8, 4) is 0 Å². The summed E-state index contributed by atoms with van der Waals surface area (Å²) in [6.07, 6.45) is 4.97. The van der Waals surface area contributed by atoms with Crippen LogP contribution < -0.4 is 0 Å². The monoisotopic (exact) mass is 313 g/mol. The Balaban J connectivity index is 2.73. The lowest BCUT2D eigenvalue weighted by Gasteiger charge is -2.18. The summed E-state index contributed by atoms with van der Waals surface area (Å²) >= 11 is 6.47. The third-order valence-corrected chi connectivity index (χ3v) is 4.22. The van der Waals surface area contributed by atoms with Crippen molar-refractivity contribution in [1.82, 2.24) is 4.90 Å². The summed E-state index contributed by atoms with van der Waals surface area (Å²) in [5.41, 5.74) is -0.146. The van der Waals surface area contributed by atoms with Crippen LogP contribution in [0.25, 0.3) is 0 Å². The molecule has 1 N–H and O–H groups in total. The molecule has 1 heterocycles. The van der Waals surface area contributed by atoms with Crippen molar-refractivity contribution in [2.24, 2.45) is 5.41 Å². The number of carboxylic acid groups (broad SMARTS) is 1. The van der Waals surface area contributed by atoms with Crippen molar-refractivity contribution in [2.75, 3.05) is 6.54 Å². The molecular weight excluding hydrogens is 294 g/mol. The second kappa shape index (κ2) is 7.04. The highest BCUT2D eigenvalue weighted by atomic mass is 32.2. The highest BCUT2D eigenvalue weighted by molar-refractivity contribution is 8.26. The second-order valence-corrected chi connectivity index (χ2v) is 6.99. The van der Waals surface area contributed by atoms with Gasteiger partial charge in [-0.05, 0) is 18.3 Å². The van der Waals surface area contributed by atoms with Crippen LogP contribution in [0.15, 0.2) is 23.6 Å². The third kappa shape index (κ3) is 4.76. The van der Waals surface area contributed by atoms with Crippen LogP contribution in [0.2, 0.25) is 0 Å². The first-order valence-electron chi connectivity index (χ1n) is 6.36. The standard InChI is InChI=1S/C14H19NO3S2/c1-4-7-14(2,3)9-10-12(18)15(13(19)20-10)8-5-6-11(16)17/h4,9H,1,5-8H2,2-3H3,(H,16,17). The summed E-state index contributed by atoms with van der Waals surface area (Å²) in [7, 11) is 0. The Morgan fingerprint density at radius 2 is 2.20 bits per heavy atom. The fourth-order valence-corrected chi connectivity index (χ4v) is 3.36. The number of carbonyl (C=O) groups excluding carboxylic acids is 1. The van der Waals surface area contributed by atoms with Gasteiger partial charge in [-0.3, -0.25) is 14.5 Å². The average Bonchev–Trinajstić information content (AvgIpc) is 2.55. The van der Waals surface area contributed by atoms with Crippen molar-refractivity contribution < 1.29 is 14.7 Å². The molecule has 0 bridgehead atoms. The molecule has 1 aliphatic rings. The zero-order valence-electron chi connectivity index (χ0n) is 11.7. The number of thiocarbonyl (C=S) groups is 1. The number of rotatable bonds is 7. The molecule has 110 valence electrons. The van der Waals surface area contributed by atoms with E-state index in [0.29, 0.717) is 22.2 Å². The maximum atomic E-state index is 12.2. The number of allylic oxidation sites excluding steroid dienone is 2. The maximum absolute atomic E-state index is 12.2. The number of nitrogens with zero attached hydrogens (tertiary/aromatic N) is 1. The Bertz CT molecular complexity index is 469. The van der Waals surface area contributed by atoms with Gasteiger partial charge >= 0.3 is 5.97 Å². The lowest BCUT2D eigenvalue weighted by Crippen LogP contribution is -2.29. The van der Waals surface area contributed by atoms with E-state index in [1.165, 1.54) is 16.7 Å². The highest BCUT2D eigenvalue weighted by Gasteiger charge is 2.33. The van der Waals surface area contributed by atoms with Gasteiger partial charge in [-0.15, -0.1) is 6.58 Å². The van der Waals surface area contributed by atoms with Crippen LogP contribution in [-0.2, 0) is 9.59 Å². The zero-order chi connectivity index (χ0) is 15.3. The summed E-state index contributed by atoms with van der Waals surface area (Å²) in [6, 6.07) is 0. The number of hydrogen-bond donors (Lipinski definition) is 1. The average molecular weight is 313 g/mol. The van der Waals surface area contributed by atoms with E-state index in [-0.39, 0.29) is 17.7 Å². The van der Waals surface area contributed by atoms with E-state index >= 15 is 0 Å². The molecule has 0 unspecified atom stereocenters. The van der Waals surface area contributed by atoms with Gasteiger partial charge in [0.2, 0.25) is 0 Å². The summed E-state index contributed by atoms with van der Waals surface area (Å²) in [5.74, 6) is -0.986. The molecule has 0 saturated carbocycles. The highest BCUT2D eigenvalue weighted by Crippen LogP contribution is 2.35. The zero-order valence-corrected chi connectivity index (χ0v) is 13.4. The Morgan fingerprint density at radius 3 is 2.75 bits per heavy atom. The summed E-state index contributed by atoms with van der Waals surface area (Å²) < 4.78 is 0.501. The van der Waals surface area contributed by atoms with Gasteiger partial charge in [0.15, 0.2) is 0 Å². The molecule has 1 aliphatic heterocycles. The van der Waals surface area contributed by atoms with Crippen LogP contribution in [0.5, 0.6) is 0 Å². The molecule has 4 nitrogen and oxygen atoms in total. The van der Waals surface area contributed by atoms with Gasteiger partial charge in [-0.2, -0.15) is 0 Å². The van der Waals surface area contributed by atoms with Gasteiger partial charge in [0.25, 0.3) is 5.91 Å². The molecule has 0 radical (unpaired) electrons. The topological polar surface area (TPSA) is 57.6 Å². The fraction of sp³-hybridized carbons (Fsp3) is 0.500. The quantitative estimate of drug-likeness (QED) is 0.444. The Hall–Kier alpha value is -1.14. The van der Waals surface area contributed by atoms with Crippen LogP contribution in [0, 0.1) is 5.41 Å². The molecule has 0 aliphatic carbocycles. The molecule has 1 amide bonds. The molecule has 20 heavy (non-hydrogen) atoms. The number of carbonyl (C=O) groups is 2. The first-order chi connectivity index (χ1) is 9.26. The van der Waals surface area contributed by atoms with Crippen LogP contribution in [-0.4, -0.2) is 32.7 Å². The molecule has 1 fully saturated rings. The Morgan fingerprint density at radius 1 is 1.55 bits per heavy atom. The minimum absolute atomic E-state index is 0.0397. The molecule has 0 aromatic carbocycles. The molecule has 1 saturated heterocycles. The number of thioether (sulfide) groups is 1. The number of hydrogen-bond acceptors (Lipinski definition) is 4. The van der Waals surface area contributed by atoms with Crippen molar-refractivity contribution in [1.29, 1.82) is 0 Å². The molecular formula is C14H19NO3S2. The largest absolute Gasteiger partial charge is 0.481 e. The van der Waals surface area contributed by atoms with E-state index in [0.717, 1.165) is 6.42 Å². The lowest BCUT2D eigenvalue weighted by molar-refractivity contribution is -0.137. The number of carboxylic acids is 1. The third-order valence-electron chi connectivity index (χ3n) is 2.84. The molecule has 0 aromatic rings. The minimum atomic E-state index is -0.863. The van der Waals surface area contributed by atoms with Crippen molar-refractivity contribution in [3.63, 3.8) is 0 Å². The van der Waals surface area contributed by atoms with Crippen LogP contribution in [0.3, 0.4) is 0 Å². The van der Waals surface area contributed by atoms with Crippen molar-refractivity contribution in [3.05, 3.63) is 23.6 Å². The Kier molecular flexibility index (Phi) is 5.95. The summed E-state index contributed by atoms with van der Waals surface area (Å²) in [6.45, 7) is 8.14. The predicted octanol–water partition coefficient (Wildman–Crippen LogP) is 3.20. The van der Waals surface area contributed by atoms with Gasteiger partial charge in [0.1, 0.15) is 4.32 Å². The van der Waals surface area contributed by atoms with E-state index in [2.05, 4.69) is 6.58 Å². The molecule has 6 heteroatoms. The second-order valence-electron chi connectivity index (χ2n) is 5.31. The Labute approximate surface area is 128 Å². The summed E-state index contributed by atoms with van der Waals surface area (Å²) in [5, 5.41) is 8.62. The van der Waals surface area contributed by atoms with Crippen LogP contribution in [0.4, 0.5) is 0 Å². The summed E-state index contributed by atoms with van der Waals surface area (Å²) in [4.78, 5) is 24.9. The lowest BCUT2D eigenvalue weighted by atomic mass is 9.89. The van der Waals surface area contributed by atoms with Crippen LogP contribution in [0.1, 0.15) is 33.1 Å². The van der Waals surface area contributed by atoms with Gasteiger partial charge in [0.05, 0.1) is 4.91 Å². The van der Waals surface area contributed by atoms with Gasteiger partial charge in [-0.1, -0.05) is 50.0 Å². The van der Waals surface area contributed by atoms with E-state index in [1.54, 1.807) is 0 Å². The first-order valence-corrected chi connectivity index (χ1v) is 7.58. The van der Waals surface area contributed by atoms with Gasteiger partial charge < -0.3 is 5.11 Å². The molecule has 0 spiro atoms. The fourth-order valence-electron chi connectivity index (χ4n) is 1.87. The van der Waals surface area contributed by atoms with E-state index in [1.807, 2.05) is 26.0 Å². The van der Waals surface area contributed by atoms with Crippen LogP contribution >= 0.6 is 24.0 Å². The number of aliphatic carboxylic acids is 1. The normalized spacial score (nSPS) is 17.9. The molecule has 0 atom stereocenters. The van der Waals surface area contributed by atoms with Crippen molar-refractivity contribution >= 4 is 40.2 Å². The smallest absolute Gasteiger partial charge is 0.303 e. The molecule has 1 rings (SSSR count). The SMILES string of the molecule is C=CCC(C)(C)C=C1SC(=S)N(CCCC(=O)O)C1=O. The number of amides is 1. The minimum Gasteiger partial charge on any atom is -0.481 e. The van der Waals surface area contributed by atoms with E-state index in [9.17, 15) is 9.59 Å². The first kappa shape index (κ1) is 16.9. The van der Waals surface area contributed by atoms with E-state index in [4.69, 9.17) is 17.3 Å². The maximum Gasteiger partial charge on any atom is 0.303 e. The van der Waals surface area contributed by atoms with E-state index < -0.39 is 5.97 Å². The molecule has 0 aromatic heterocycles. The van der Waals surface area contributed by atoms with Gasteiger partial charge in [0, 0.05) is 13.0 Å². The van der Waals surface area contributed by atoms with Gasteiger partial charge in [-0.25, -0.2) is 0 Å². The predicted molar refractivity (Wildman–Crippen MR) is 85.4 cm³/mol.